The molecule has 1 heterocycles. The number of ether oxygens (including phenoxy) is 1. The third-order valence-corrected chi connectivity index (χ3v) is 6.32. The van der Waals surface area contributed by atoms with Crippen LogP contribution in [0.15, 0.2) is 66.7 Å². The van der Waals surface area contributed by atoms with Crippen molar-refractivity contribution in [2.45, 2.75) is 39.2 Å². The van der Waals surface area contributed by atoms with E-state index in [0.29, 0.717) is 37.8 Å². The standard InChI is InChI=1S/C28H32N2O3/c1-20(2)22-12-14-24(15-13-22)33-21(3)27(31)29-16-7-17-30(19-18-29)28(32)26-11-6-9-23-8-4-5-10-25(23)26/h4-6,8-15,20-21H,7,16-19H2,1-3H3. The van der Waals surface area contributed by atoms with E-state index in [0.717, 1.165) is 22.8 Å². The number of amides is 2. The molecule has 1 fully saturated rings. The minimum atomic E-state index is -0.574. The molecule has 5 heteroatoms. The van der Waals surface area contributed by atoms with Gasteiger partial charge in [0.05, 0.1) is 0 Å². The molecule has 1 aliphatic rings. The van der Waals surface area contributed by atoms with E-state index in [1.54, 1.807) is 6.92 Å². The SMILES string of the molecule is CC(Oc1ccc(C(C)C)cc1)C(=O)N1CCCN(C(=O)c2cccc3ccccc23)CC1. The number of rotatable bonds is 5. The highest BCUT2D eigenvalue weighted by molar-refractivity contribution is 6.07. The van der Waals surface area contributed by atoms with Crippen molar-refractivity contribution in [2.75, 3.05) is 26.2 Å². The van der Waals surface area contributed by atoms with Crippen molar-refractivity contribution < 1.29 is 14.3 Å². The summed E-state index contributed by atoms with van der Waals surface area (Å²) in [5.41, 5.74) is 1.96. The first-order valence-corrected chi connectivity index (χ1v) is 11.8. The summed E-state index contributed by atoms with van der Waals surface area (Å²) < 4.78 is 5.92. The number of nitrogens with zero attached hydrogens (tertiary/aromatic N) is 2. The lowest BCUT2D eigenvalue weighted by molar-refractivity contribution is -0.137. The Morgan fingerprint density at radius 3 is 2.21 bits per heavy atom. The molecule has 33 heavy (non-hydrogen) atoms. The topological polar surface area (TPSA) is 49.9 Å². The fourth-order valence-electron chi connectivity index (χ4n) is 4.37. The Morgan fingerprint density at radius 2 is 1.45 bits per heavy atom. The molecule has 0 N–H and O–H groups in total. The van der Waals surface area contributed by atoms with Gasteiger partial charge in [0.1, 0.15) is 5.75 Å². The molecule has 3 aromatic rings. The molecule has 0 aliphatic carbocycles. The van der Waals surface area contributed by atoms with E-state index in [4.69, 9.17) is 4.74 Å². The van der Waals surface area contributed by atoms with Gasteiger partial charge in [-0.3, -0.25) is 9.59 Å². The van der Waals surface area contributed by atoms with E-state index >= 15 is 0 Å². The van der Waals surface area contributed by atoms with Gasteiger partial charge in [0.2, 0.25) is 0 Å². The number of hydrogen-bond donors (Lipinski definition) is 0. The minimum absolute atomic E-state index is 0.0237. The highest BCUT2D eigenvalue weighted by atomic mass is 16.5. The van der Waals surface area contributed by atoms with Gasteiger partial charge in [-0.25, -0.2) is 0 Å². The summed E-state index contributed by atoms with van der Waals surface area (Å²) in [6, 6.07) is 21.7. The van der Waals surface area contributed by atoms with Gasteiger partial charge in [0.15, 0.2) is 6.10 Å². The summed E-state index contributed by atoms with van der Waals surface area (Å²) >= 11 is 0. The summed E-state index contributed by atoms with van der Waals surface area (Å²) in [6.45, 7) is 8.38. The summed E-state index contributed by atoms with van der Waals surface area (Å²) in [7, 11) is 0. The van der Waals surface area contributed by atoms with Crippen molar-refractivity contribution in [3.63, 3.8) is 0 Å². The van der Waals surface area contributed by atoms with Crippen molar-refractivity contribution in [1.82, 2.24) is 9.80 Å². The van der Waals surface area contributed by atoms with Gasteiger partial charge in [-0.15, -0.1) is 0 Å². The zero-order chi connectivity index (χ0) is 23.4. The second kappa shape index (κ2) is 10.1. The number of carbonyl (C=O) groups is 2. The largest absolute Gasteiger partial charge is 0.481 e. The molecule has 2 amide bonds. The molecule has 0 saturated carbocycles. The van der Waals surface area contributed by atoms with Crippen LogP contribution in [0.4, 0.5) is 0 Å². The Labute approximate surface area is 195 Å². The Balaban J connectivity index is 1.39. The molecule has 1 saturated heterocycles. The van der Waals surface area contributed by atoms with E-state index < -0.39 is 6.10 Å². The number of benzene rings is 3. The van der Waals surface area contributed by atoms with Crippen molar-refractivity contribution in [1.29, 1.82) is 0 Å². The van der Waals surface area contributed by atoms with Gasteiger partial charge < -0.3 is 14.5 Å². The van der Waals surface area contributed by atoms with E-state index in [2.05, 4.69) is 13.8 Å². The zero-order valence-corrected chi connectivity index (χ0v) is 19.7. The Hall–Kier alpha value is -3.34. The molecule has 0 bridgehead atoms. The maximum atomic E-state index is 13.3. The predicted octanol–water partition coefficient (Wildman–Crippen LogP) is 5.11. The van der Waals surface area contributed by atoms with Crippen LogP contribution in [0.3, 0.4) is 0 Å². The zero-order valence-electron chi connectivity index (χ0n) is 19.7. The van der Waals surface area contributed by atoms with Gasteiger partial charge in [-0.2, -0.15) is 0 Å². The maximum absolute atomic E-state index is 13.3. The van der Waals surface area contributed by atoms with Crippen LogP contribution in [-0.2, 0) is 4.79 Å². The second-order valence-corrected chi connectivity index (χ2v) is 8.98. The Bertz CT molecular complexity index is 1120. The van der Waals surface area contributed by atoms with Gasteiger partial charge in [0, 0.05) is 31.7 Å². The molecule has 4 rings (SSSR count). The molecule has 1 atom stereocenters. The van der Waals surface area contributed by atoms with Crippen molar-refractivity contribution in [3.8, 4) is 5.75 Å². The Morgan fingerprint density at radius 1 is 0.788 bits per heavy atom. The molecule has 0 spiro atoms. The number of carbonyl (C=O) groups excluding carboxylic acids is 2. The van der Waals surface area contributed by atoms with E-state index in [1.807, 2.05) is 76.5 Å². The van der Waals surface area contributed by atoms with Crippen LogP contribution >= 0.6 is 0 Å². The molecule has 1 unspecified atom stereocenters. The summed E-state index contributed by atoms with van der Waals surface area (Å²) in [5.74, 6) is 1.13. The number of hydrogen-bond acceptors (Lipinski definition) is 3. The van der Waals surface area contributed by atoms with Gasteiger partial charge >= 0.3 is 0 Å². The van der Waals surface area contributed by atoms with Crippen molar-refractivity contribution in [3.05, 3.63) is 77.9 Å². The van der Waals surface area contributed by atoms with Gasteiger partial charge in [-0.05, 0) is 53.8 Å². The van der Waals surface area contributed by atoms with E-state index in [-0.39, 0.29) is 11.8 Å². The third kappa shape index (κ3) is 5.19. The van der Waals surface area contributed by atoms with Crippen LogP contribution in [0.5, 0.6) is 5.75 Å². The van der Waals surface area contributed by atoms with Crippen LogP contribution in [0.2, 0.25) is 0 Å². The normalized spacial score (nSPS) is 15.4. The van der Waals surface area contributed by atoms with Crippen LogP contribution in [-0.4, -0.2) is 53.9 Å². The molecule has 1 aliphatic heterocycles. The monoisotopic (exact) mass is 444 g/mol. The predicted molar refractivity (Wildman–Crippen MR) is 132 cm³/mol. The van der Waals surface area contributed by atoms with Gasteiger partial charge in [0.25, 0.3) is 11.8 Å². The van der Waals surface area contributed by atoms with Crippen LogP contribution in [0.25, 0.3) is 10.8 Å². The summed E-state index contributed by atoms with van der Waals surface area (Å²) in [6.07, 6.45) is 0.174. The first-order valence-electron chi connectivity index (χ1n) is 11.8. The lowest BCUT2D eigenvalue weighted by Gasteiger charge is -2.25. The minimum Gasteiger partial charge on any atom is -0.481 e. The fourth-order valence-corrected chi connectivity index (χ4v) is 4.37. The van der Waals surface area contributed by atoms with Crippen molar-refractivity contribution >= 4 is 22.6 Å². The highest BCUT2D eigenvalue weighted by Crippen LogP contribution is 2.22. The molecule has 3 aromatic carbocycles. The van der Waals surface area contributed by atoms with E-state index in [1.165, 1.54) is 5.56 Å². The first-order chi connectivity index (χ1) is 15.9. The number of fused-ring (bicyclic) bond motifs is 1. The summed E-state index contributed by atoms with van der Waals surface area (Å²) in [5, 5.41) is 2.02. The lowest BCUT2D eigenvalue weighted by atomic mass is 10.0. The molecular weight excluding hydrogens is 412 g/mol. The smallest absolute Gasteiger partial charge is 0.263 e. The second-order valence-electron chi connectivity index (χ2n) is 8.98. The van der Waals surface area contributed by atoms with Crippen molar-refractivity contribution in [2.24, 2.45) is 0 Å². The molecular formula is C28H32N2O3. The van der Waals surface area contributed by atoms with E-state index in [9.17, 15) is 9.59 Å². The molecule has 5 nitrogen and oxygen atoms in total. The van der Waals surface area contributed by atoms with Crippen LogP contribution < -0.4 is 4.74 Å². The first kappa shape index (κ1) is 22.8. The molecule has 172 valence electrons. The quantitative estimate of drug-likeness (QED) is 0.550. The lowest BCUT2D eigenvalue weighted by Crippen LogP contribution is -2.43. The third-order valence-electron chi connectivity index (χ3n) is 6.32. The fraction of sp³-hybridized carbons (Fsp3) is 0.357. The average Bonchev–Trinajstić information content (AvgIpc) is 3.09. The average molecular weight is 445 g/mol. The maximum Gasteiger partial charge on any atom is 0.263 e. The molecule has 0 radical (unpaired) electrons. The highest BCUT2D eigenvalue weighted by Gasteiger charge is 2.27. The summed E-state index contributed by atoms with van der Waals surface area (Å²) in [4.78, 5) is 30.0. The molecule has 0 aromatic heterocycles. The van der Waals surface area contributed by atoms with Gasteiger partial charge in [-0.1, -0.05) is 62.4 Å². The van der Waals surface area contributed by atoms with Crippen LogP contribution in [0, 0.1) is 0 Å². The Kier molecular flexibility index (Phi) is 6.97. The van der Waals surface area contributed by atoms with Crippen LogP contribution in [0.1, 0.15) is 49.0 Å².